The third kappa shape index (κ3) is 6.29. The molecule has 0 spiro atoms. The molecule has 4 nitrogen and oxygen atoms in total. The molecule has 0 aromatic rings. The molecule has 0 aromatic heterocycles. The molecule has 112 valence electrons. The van der Waals surface area contributed by atoms with Crippen molar-refractivity contribution in [1.82, 2.24) is 10.6 Å². The SMILES string of the molecule is CNC1(CC(=O)NCCOCC(F)F)CCCCC1. The summed E-state index contributed by atoms with van der Waals surface area (Å²) in [5.74, 6) is -0.0445. The lowest BCUT2D eigenvalue weighted by Crippen LogP contribution is -2.48. The Labute approximate surface area is 113 Å². The van der Waals surface area contributed by atoms with Gasteiger partial charge in [0.25, 0.3) is 6.43 Å². The summed E-state index contributed by atoms with van der Waals surface area (Å²) in [7, 11) is 1.89. The first-order chi connectivity index (χ1) is 9.08. The minimum absolute atomic E-state index is 0.0445. The molecule has 1 saturated carbocycles. The van der Waals surface area contributed by atoms with Crippen LogP contribution in [0.1, 0.15) is 38.5 Å². The van der Waals surface area contributed by atoms with Gasteiger partial charge in [0, 0.05) is 18.5 Å². The molecule has 6 heteroatoms. The Morgan fingerprint density at radius 2 is 2.00 bits per heavy atom. The quantitative estimate of drug-likeness (QED) is 0.664. The van der Waals surface area contributed by atoms with Crippen LogP contribution in [0.5, 0.6) is 0 Å². The molecule has 0 radical (unpaired) electrons. The highest BCUT2D eigenvalue weighted by molar-refractivity contribution is 5.77. The molecule has 0 aromatic carbocycles. The Morgan fingerprint density at radius 1 is 1.32 bits per heavy atom. The van der Waals surface area contributed by atoms with Crippen molar-refractivity contribution in [2.45, 2.75) is 50.5 Å². The number of hydrogen-bond acceptors (Lipinski definition) is 3. The second-order valence-electron chi connectivity index (χ2n) is 5.08. The number of rotatable bonds is 8. The van der Waals surface area contributed by atoms with Crippen molar-refractivity contribution in [1.29, 1.82) is 0 Å². The van der Waals surface area contributed by atoms with Crippen LogP contribution < -0.4 is 10.6 Å². The Bertz CT molecular complexity index is 269. The molecular weight excluding hydrogens is 254 g/mol. The molecule has 1 amide bonds. The van der Waals surface area contributed by atoms with E-state index in [2.05, 4.69) is 10.6 Å². The number of hydrogen-bond donors (Lipinski definition) is 2. The average Bonchev–Trinajstić information content (AvgIpc) is 2.39. The summed E-state index contributed by atoms with van der Waals surface area (Å²) in [4.78, 5) is 11.8. The fourth-order valence-electron chi connectivity index (χ4n) is 2.55. The molecule has 0 atom stereocenters. The van der Waals surface area contributed by atoms with Crippen LogP contribution in [0.15, 0.2) is 0 Å². The molecule has 0 saturated heterocycles. The number of halogens is 2. The van der Waals surface area contributed by atoms with Gasteiger partial charge in [0.15, 0.2) is 0 Å². The molecular formula is C13H24F2N2O2. The van der Waals surface area contributed by atoms with Crippen molar-refractivity contribution in [2.75, 3.05) is 26.8 Å². The zero-order valence-corrected chi connectivity index (χ0v) is 11.5. The van der Waals surface area contributed by atoms with Crippen molar-refractivity contribution >= 4 is 5.91 Å². The number of ether oxygens (including phenoxy) is 1. The molecule has 1 fully saturated rings. The van der Waals surface area contributed by atoms with E-state index < -0.39 is 13.0 Å². The summed E-state index contributed by atoms with van der Waals surface area (Å²) < 4.78 is 28.3. The van der Waals surface area contributed by atoms with E-state index in [1.54, 1.807) is 0 Å². The smallest absolute Gasteiger partial charge is 0.261 e. The lowest BCUT2D eigenvalue weighted by atomic mass is 9.79. The molecule has 19 heavy (non-hydrogen) atoms. The molecule has 0 heterocycles. The Kier molecular flexibility index (Phi) is 7.23. The monoisotopic (exact) mass is 278 g/mol. The second-order valence-corrected chi connectivity index (χ2v) is 5.08. The van der Waals surface area contributed by atoms with E-state index >= 15 is 0 Å². The Hall–Kier alpha value is -0.750. The lowest BCUT2D eigenvalue weighted by Gasteiger charge is -2.36. The van der Waals surface area contributed by atoms with Crippen LogP contribution in [-0.4, -0.2) is 44.7 Å². The minimum atomic E-state index is -2.45. The predicted molar refractivity (Wildman–Crippen MR) is 69.3 cm³/mol. The first-order valence-electron chi connectivity index (χ1n) is 6.89. The van der Waals surface area contributed by atoms with E-state index in [4.69, 9.17) is 4.74 Å². The standard InChI is InChI=1S/C13H24F2N2O2/c1-16-13(5-3-2-4-6-13)9-12(18)17-7-8-19-10-11(14)15/h11,16H,2-10H2,1H3,(H,17,18). The maximum Gasteiger partial charge on any atom is 0.261 e. The lowest BCUT2D eigenvalue weighted by molar-refractivity contribution is -0.123. The van der Waals surface area contributed by atoms with Gasteiger partial charge in [-0.3, -0.25) is 4.79 Å². The van der Waals surface area contributed by atoms with Gasteiger partial charge in [0.2, 0.25) is 5.91 Å². The van der Waals surface area contributed by atoms with Crippen molar-refractivity contribution in [3.63, 3.8) is 0 Å². The van der Waals surface area contributed by atoms with Gasteiger partial charge in [-0.15, -0.1) is 0 Å². The number of nitrogens with one attached hydrogen (secondary N) is 2. The number of carbonyl (C=O) groups is 1. The Balaban J connectivity index is 2.18. The van der Waals surface area contributed by atoms with Gasteiger partial charge < -0.3 is 15.4 Å². The van der Waals surface area contributed by atoms with E-state index in [-0.39, 0.29) is 24.6 Å². The van der Waals surface area contributed by atoms with E-state index in [9.17, 15) is 13.6 Å². The highest BCUT2D eigenvalue weighted by Gasteiger charge is 2.32. The third-order valence-electron chi connectivity index (χ3n) is 3.65. The zero-order valence-electron chi connectivity index (χ0n) is 11.5. The number of amides is 1. The van der Waals surface area contributed by atoms with E-state index in [1.165, 1.54) is 6.42 Å². The number of alkyl halides is 2. The van der Waals surface area contributed by atoms with Crippen molar-refractivity contribution in [3.8, 4) is 0 Å². The fraction of sp³-hybridized carbons (Fsp3) is 0.923. The zero-order chi connectivity index (χ0) is 14.1. The molecule has 1 rings (SSSR count). The van der Waals surface area contributed by atoms with E-state index in [1.807, 2.05) is 7.05 Å². The van der Waals surface area contributed by atoms with Crippen LogP contribution in [0.3, 0.4) is 0 Å². The van der Waals surface area contributed by atoms with Gasteiger partial charge in [-0.05, 0) is 19.9 Å². The predicted octanol–water partition coefficient (Wildman–Crippen LogP) is 1.70. The van der Waals surface area contributed by atoms with Gasteiger partial charge in [-0.1, -0.05) is 19.3 Å². The maximum absolute atomic E-state index is 11.8. The largest absolute Gasteiger partial charge is 0.374 e. The van der Waals surface area contributed by atoms with Gasteiger partial charge >= 0.3 is 0 Å². The van der Waals surface area contributed by atoms with Gasteiger partial charge in [-0.25, -0.2) is 8.78 Å². The Morgan fingerprint density at radius 3 is 2.58 bits per heavy atom. The minimum Gasteiger partial charge on any atom is -0.374 e. The molecule has 1 aliphatic rings. The maximum atomic E-state index is 11.8. The van der Waals surface area contributed by atoms with Gasteiger partial charge in [-0.2, -0.15) is 0 Å². The molecule has 0 aliphatic heterocycles. The van der Waals surface area contributed by atoms with Crippen LogP contribution in [0.4, 0.5) is 8.78 Å². The normalized spacial score (nSPS) is 18.5. The first-order valence-corrected chi connectivity index (χ1v) is 6.89. The van der Waals surface area contributed by atoms with Crippen LogP contribution in [0.2, 0.25) is 0 Å². The third-order valence-corrected chi connectivity index (χ3v) is 3.65. The van der Waals surface area contributed by atoms with Crippen LogP contribution in [0, 0.1) is 0 Å². The fourth-order valence-corrected chi connectivity index (χ4v) is 2.55. The topological polar surface area (TPSA) is 50.4 Å². The number of carbonyl (C=O) groups excluding carboxylic acids is 1. The summed E-state index contributed by atoms with van der Waals surface area (Å²) in [6.45, 7) is -0.162. The first kappa shape index (κ1) is 16.3. The van der Waals surface area contributed by atoms with Crippen LogP contribution >= 0.6 is 0 Å². The summed E-state index contributed by atoms with van der Waals surface area (Å²) in [6, 6.07) is 0. The highest BCUT2D eigenvalue weighted by atomic mass is 19.3. The molecule has 2 N–H and O–H groups in total. The van der Waals surface area contributed by atoms with Crippen LogP contribution in [0.25, 0.3) is 0 Å². The molecule has 0 bridgehead atoms. The van der Waals surface area contributed by atoms with E-state index in [0.717, 1.165) is 25.7 Å². The molecule has 0 unspecified atom stereocenters. The summed E-state index contributed by atoms with van der Waals surface area (Å²) in [6.07, 6.45) is 3.53. The summed E-state index contributed by atoms with van der Waals surface area (Å²) in [5, 5.41) is 5.99. The van der Waals surface area contributed by atoms with Crippen molar-refractivity contribution in [2.24, 2.45) is 0 Å². The van der Waals surface area contributed by atoms with Gasteiger partial charge in [0.05, 0.1) is 6.61 Å². The van der Waals surface area contributed by atoms with Crippen LogP contribution in [-0.2, 0) is 9.53 Å². The summed E-state index contributed by atoms with van der Waals surface area (Å²) in [5.41, 5.74) is -0.0911. The van der Waals surface area contributed by atoms with Crippen molar-refractivity contribution < 1.29 is 18.3 Å². The summed E-state index contributed by atoms with van der Waals surface area (Å²) >= 11 is 0. The second kappa shape index (κ2) is 8.43. The van der Waals surface area contributed by atoms with Gasteiger partial charge in [0.1, 0.15) is 6.61 Å². The average molecular weight is 278 g/mol. The van der Waals surface area contributed by atoms with Crippen molar-refractivity contribution in [3.05, 3.63) is 0 Å². The molecule has 1 aliphatic carbocycles. The highest BCUT2D eigenvalue weighted by Crippen LogP contribution is 2.30. The van der Waals surface area contributed by atoms with E-state index in [0.29, 0.717) is 6.42 Å².